The van der Waals surface area contributed by atoms with Crippen LogP contribution in [0, 0.1) is 17.0 Å². The van der Waals surface area contributed by atoms with Gasteiger partial charge < -0.3 is 14.6 Å². The quantitative estimate of drug-likeness (QED) is 0.120. The molecule has 0 bridgehead atoms. The highest BCUT2D eigenvalue weighted by Gasteiger charge is 2.48. The van der Waals surface area contributed by atoms with Crippen LogP contribution in [0.2, 0.25) is 0 Å². The van der Waals surface area contributed by atoms with Crippen molar-refractivity contribution in [2.45, 2.75) is 19.9 Å². The maximum Gasteiger partial charge on any atom is 0.350 e. The Bertz CT molecular complexity index is 1460. The molecule has 1 fully saturated rings. The Hall–Kier alpha value is -4.58. The molecule has 1 atom stereocenters. The summed E-state index contributed by atoms with van der Waals surface area (Å²) in [5.41, 5.74) is 0.128. The minimum atomic E-state index is -1.26. The van der Waals surface area contributed by atoms with Gasteiger partial charge in [-0.2, -0.15) is 0 Å². The van der Waals surface area contributed by atoms with Crippen molar-refractivity contribution in [1.29, 1.82) is 0 Å². The highest BCUT2D eigenvalue weighted by molar-refractivity contribution is 7.17. The molecule has 1 saturated heterocycles. The average Bonchev–Trinajstić information content (AvgIpc) is 3.40. The van der Waals surface area contributed by atoms with Crippen molar-refractivity contribution in [2.24, 2.45) is 0 Å². The first-order chi connectivity index (χ1) is 17.7. The molecule has 1 aliphatic heterocycles. The van der Waals surface area contributed by atoms with Crippen molar-refractivity contribution < 1.29 is 33.9 Å². The average molecular weight is 524 g/mol. The molecule has 4 rings (SSSR count). The van der Waals surface area contributed by atoms with E-state index in [4.69, 9.17) is 9.47 Å². The summed E-state index contributed by atoms with van der Waals surface area (Å²) in [5.74, 6) is -2.74. The Labute approximate surface area is 214 Å². The number of carbonyl (C=O) groups is 3. The molecule has 1 amide bonds. The zero-order valence-electron chi connectivity index (χ0n) is 20.0. The second kappa shape index (κ2) is 10.2. The summed E-state index contributed by atoms with van der Waals surface area (Å²) in [6.45, 7) is 3.71. The van der Waals surface area contributed by atoms with Crippen LogP contribution < -0.4 is 9.64 Å². The number of ether oxygens (including phenoxy) is 2. The van der Waals surface area contributed by atoms with Crippen molar-refractivity contribution in [2.75, 3.05) is 18.6 Å². The summed E-state index contributed by atoms with van der Waals surface area (Å²) < 4.78 is 10.2. The third-order valence-electron chi connectivity index (χ3n) is 5.62. The lowest BCUT2D eigenvalue weighted by molar-refractivity contribution is -0.384. The second-order valence-corrected chi connectivity index (χ2v) is 8.86. The van der Waals surface area contributed by atoms with Crippen molar-refractivity contribution in [3.8, 4) is 5.75 Å². The van der Waals surface area contributed by atoms with E-state index in [-0.39, 0.29) is 38.1 Å². The molecular formula is C25H21N3O8S. The summed E-state index contributed by atoms with van der Waals surface area (Å²) in [7, 11) is 1.20. The van der Waals surface area contributed by atoms with Gasteiger partial charge in [-0.1, -0.05) is 35.6 Å². The number of hydrogen-bond acceptors (Lipinski definition) is 10. The van der Waals surface area contributed by atoms with Crippen LogP contribution in [0.25, 0.3) is 5.76 Å². The molecule has 1 aliphatic rings. The number of aliphatic hydroxyl groups excluding tert-OH is 1. The number of ketones is 1. The molecule has 37 heavy (non-hydrogen) atoms. The number of rotatable bonds is 7. The van der Waals surface area contributed by atoms with Crippen LogP contribution in [0.1, 0.15) is 39.5 Å². The number of aromatic nitrogens is 1. The zero-order chi connectivity index (χ0) is 26.9. The molecule has 0 spiro atoms. The fourth-order valence-electron chi connectivity index (χ4n) is 3.98. The lowest BCUT2D eigenvalue weighted by Crippen LogP contribution is -2.29. The van der Waals surface area contributed by atoms with Crippen LogP contribution in [0.3, 0.4) is 0 Å². The number of non-ortho nitro benzene ring substituents is 1. The van der Waals surface area contributed by atoms with Crippen LogP contribution in [0.4, 0.5) is 10.8 Å². The van der Waals surface area contributed by atoms with Gasteiger partial charge in [0.05, 0.1) is 35.9 Å². The molecule has 1 unspecified atom stereocenters. The topological polar surface area (TPSA) is 149 Å². The standard InChI is InChI=1S/C25H21N3O8S/c1-4-36-17-10-6-8-15(12-17)20(29)18-19(14-7-5-9-16(11-14)28(33)34)27(23(31)21(18)30)25-26-13(2)22(37-25)24(32)35-3/h5-12,19,29H,4H2,1-3H3. The molecule has 2 heterocycles. The molecule has 1 N–H and O–H groups in total. The van der Waals surface area contributed by atoms with Gasteiger partial charge in [-0.3, -0.25) is 24.6 Å². The molecule has 190 valence electrons. The number of thiazole rings is 1. The molecule has 0 saturated carbocycles. The van der Waals surface area contributed by atoms with E-state index in [1.165, 1.54) is 37.4 Å². The number of methoxy groups -OCH3 is 1. The van der Waals surface area contributed by atoms with E-state index in [0.717, 1.165) is 16.2 Å². The lowest BCUT2D eigenvalue weighted by atomic mass is 9.95. The summed E-state index contributed by atoms with van der Waals surface area (Å²) in [6, 6.07) is 10.5. The van der Waals surface area contributed by atoms with Crippen LogP contribution in [0.5, 0.6) is 5.75 Å². The third kappa shape index (κ3) is 4.66. The number of benzene rings is 2. The van der Waals surface area contributed by atoms with E-state index >= 15 is 0 Å². The Balaban J connectivity index is 1.95. The number of hydrogen-bond donors (Lipinski definition) is 1. The van der Waals surface area contributed by atoms with Crippen molar-refractivity contribution in [3.63, 3.8) is 0 Å². The number of nitrogens with zero attached hydrogens (tertiary/aromatic N) is 3. The van der Waals surface area contributed by atoms with Crippen molar-refractivity contribution >= 4 is 45.6 Å². The van der Waals surface area contributed by atoms with E-state index in [9.17, 15) is 29.6 Å². The Kier molecular flexibility index (Phi) is 7.02. The van der Waals surface area contributed by atoms with Gasteiger partial charge in [-0.25, -0.2) is 9.78 Å². The summed E-state index contributed by atoms with van der Waals surface area (Å²) in [6.07, 6.45) is 0. The zero-order valence-corrected chi connectivity index (χ0v) is 20.8. The minimum absolute atomic E-state index is 0.00127. The maximum atomic E-state index is 13.3. The predicted molar refractivity (Wildman–Crippen MR) is 134 cm³/mol. The molecule has 3 aromatic rings. The maximum absolute atomic E-state index is 13.3. The number of esters is 1. The predicted octanol–water partition coefficient (Wildman–Crippen LogP) is 4.17. The number of nitro groups is 1. The van der Waals surface area contributed by atoms with Gasteiger partial charge >= 0.3 is 11.9 Å². The molecule has 1 aromatic heterocycles. The van der Waals surface area contributed by atoms with Crippen LogP contribution in [-0.2, 0) is 14.3 Å². The monoisotopic (exact) mass is 523 g/mol. The molecule has 11 nitrogen and oxygen atoms in total. The Morgan fingerprint density at radius 2 is 1.95 bits per heavy atom. The van der Waals surface area contributed by atoms with Gasteiger partial charge in [-0.05, 0) is 31.5 Å². The molecule has 2 aromatic carbocycles. The number of nitro benzene ring substituents is 1. The second-order valence-electron chi connectivity index (χ2n) is 7.88. The summed E-state index contributed by atoms with van der Waals surface area (Å²) in [5, 5.41) is 22.7. The molecular weight excluding hydrogens is 502 g/mol. The Morgan fingerprint density at radius 3 is 2.62 bits per heavy atom. The molecule has 0 aliphatic carbocycles. The van der Waals surface area contributed by atoms with Crippen LogP contribution in [0.15, 0.2) is 54.1 Å². The minimum Gasteiger partial charge on any atom is -0.507 e. The van der Waals surface area contributed by atoms with Gasteiger partial charge in [0.2, 0.25) is 0 Å². The van der Waals surface area contributed by atoms with Gasteiger partial charge in [0.25, 0.3) is 11.5 Å². The first-order valence-electron chi connectivity index (χ1n) is 11.0. The SMILES string of the molecule is CCOc1cccc(C(O)=C2C(=O)C(=O)N(c3nc(C)c(C(=O)OC)s3)C2c2cccc([N+](=O)[O-])c2)c1. The lowest BCUT2D eigenvalue weighted by Gasteiger charge is -2.23. The fraction of sp³-hybridized carbons (Fsp3) is 0.200. The molecule has 0 radical (unpaired) electrons. The van der Waals surface area contributed by atoms with E-state index in [1.54, 1.807) is 32.0 Å². The van der Waals surface area contributed by atoms with Crippen LogP contribution in [-0.4, -0.2) is 46.4 Å². The number of carbonyl (C=O) groups excluding carboxylic acids is 3. The molecule has 12 heteroatoms. The number of aryl methyl sites for hydroxylation is 1. The number of aliphatic hydroxyl groups is 1. The van der Waals surface area contributed by atoms with Crippen LogP contribution >= 0.6 is 11.3 Å². The smallest absolute Gasteiger partial charge is 0.350 e. The van der Waals surface area contributed by atoms with Gasteiger partial charge in [0.15, 0.2) is 5.13 Å². The number of Topliss-reactive ketones (excluding diaryl/α,β-unsaturated/α-hetero) is 1. The van der Waals surface area contributed by atoms with Gasteiger partial charge in [-0.15, -0.1) is 0 Å². The van der Waals surface area contributed by atoms with Gasteiger partial charge in [0, 0.05) is 17.7 Å². The van der Waals surface area contributed by atoms with E-state index < -0.39 is 34.4 Å². The van der Waals surface area contributed by atoms with Gasteiger partial charge in [0.1, 0.15) is 16.4 Å². The highest BCUT2D eigenvalue weighted by atomic mass is 32.1. The number of amides is 1. The fourth-order valence-corrected chi connectivity index (χ4v) is 4.99. The largest absolute Gasteiger partial charge is 0.507 e. The summed E-state index contributed by atoms with van der Waals surface area (Å²) >= 11 is 0.832. The van der Waals surface area contributed by atoms with Crippen molar-refractivity contribution in [1.82, 2.24) is 4.98 Å². The van der Waals surface area contributed by atoms with Crippen molar-refractivity contribution in [3.05, 3.63) is 85.9 Å². The normalized spacial score (nSPS) is 16.6. The summed E-state index contributed by atoms with van der Waals surface area (Å²) in [4.78, 5) is 55.1. The van der Waals surface area contributed by atoms with E-state index in [1.807, 2.05) is 0 Å². The number of anilines is 1. The van der Waals surface area contributed by atoms with E-state index in [0.29, 0.717) is 12.4 Å². The highest BCUT2D eigenvalue weighted by Crippen LogP contribution is 2.44. The first-order valence-corrected chi connectivity index (χ1v) is 11.8. The first kappa shape index (κ1) is 25.5. The Morgan fingerprint density at radius 1 is 1.22 bits per heavy atom. The van der Waals surface area contributed by atoms with E-state index in [2.05, 4.69) is 4.98 Å². The third-order valence-corrected chi connectivity index (χ3v) is 6.76.